The number of nitrogens with zero attached hydrogens (tertiary/aromatic N) is 3. The molecule has 1 fully saturated rings. The Balaban J connectivity index is 1.89. The summed E-state index contributed by atoms with van der Waals surface area (Å²) in [5, 5.41) is 2.67. The first-order valence-corrected chi connectivity index (χ1v) is 8.39. The van der Waals surface area contributed by atoms with E-state index >= 15 is 0 Å². The Morgan fingerprint density at radius 3 is 2.75 bits per heavy atom. The van der Waals surface area contributed by atoms with Gasteiger partial charge in [0.05, 0.1) is 0 Å². The van der Waals surface area contributed by atoms with Crippen LogP contribution in [-0.2, 0) is 9.59 Å². The van der Waals surface area contributed by atoms with Gasteiger partial charge >= 0.3 is 0 Å². The van der Waals surface area contributed by atoms with Crippen LogP contribution in [0.1, 0.15) is 12.0 Å². The van der Waals surface area contributed by atoms with E-state index in [4.69, 9.17) is 0 Å². The molecule has 2 rings (SSSR count). The predicted octanol–water partition coefficient (Wildman–Crippen LogP) is 0.710. The standard InChI is InChI=1S/C18H28N4O2/c1-14-6-5-7-15(12-14)20(3)9-8-17(23)22-11-10-21(4)16(13-22)18(24)19-2/h5-7,12,16H,8-11,13H2,1-4H3,(H,19,24)/t16-/m0/s1. The molecule has 1 saturated heterocycles. The Hall–Kier alpha value is -2.08. The molecule has 0 aromatic heterocycles. The summed E-state index contributed by atoms with van der Waals surface area (Å²) in [4.78, 5) is 30.3. The Morgan fingerprint density at radius 1 is 1.33 bits per heavy atom. The smallest absolute Gasteiger partial charge is 0.238 e. The van der Waals surface area contributed by atoms with Crippen molar-refractivity contribution in [3.8, 4) is 0 Å². The highest BCUT2D eigenvalue weighted by Crippen LogP contribution is 2.15. The number of piperazine rings is 1. The van der Waals surface area contributed by atoms with Gasteiger partial charge in [-0.2, -0.15) is 0 Å². The predicted molar refractivity (Wildman–Crippen MR) is 96.1 cm³/mol. The number of carbonyl (C=O) groups is 2. The SMILES string of the molecule is CNC(=O)[C@@H]1CN(C(=O)CCN(C)c2cccc(C)c2)CCN1C. The highest BCUT2D eigenvalue weighted by molar-refractivity contribution is 5.83. The van der Waals surface area contributed by atoms with Gasteiger partial charge in [0, 0.05) is 52.4 Å². The lowest BCUT2D eigenvalue weighted by Crippen LogP contribution is -2.58. The second kappa shape index (κ2) is 8.15. The Morgan fingerprint density at radius 2 is 2.08 bits per heavy atom. The van der Waals surface area contributed by atoms with Gasteiger partial charge in [-0.15, -0.1) is 0 Å². The van der Waals surface area contributed by atoms with E-state index < -0.39 is 0 Å². The second-order valence-corrected chi connectivity index (χ2v) is 6.46. The number of benzene rings is 1. The minimum absolute atomic E-state index is 0.0353. The summed E-state index contributed by atoms with van der Waals surface area (Å²) in [7, 11) is 5.56. The third-order valence-corrected chi connectivity index (χ3v) is 4.65. The molecule has 1 aromatic carbocycles. The summed E-state index contributed by atoms with van der Waals surface area (Å²) in [5.41, 5.74) is 2.32. The van der Waals surface area contributed by atoms with Crippen molar-refractivity contribution in [1.82, 2.24) is 15.1 Å². The molecule has 2 amide bonds. The summed E-state index contributed by atoms with van der Waals surface area (Å²) in [6.45, 7) is 4.59. The van der Waals surface area contributed by atoms with Crippen LogP contribution in [0.15, 0.2) is 24.3 Å². The largest absolute Gasteiger partial charge is 0.374 e. The fourth-order valence-electron chi connectivity index (χ4n) is 2.97. The van der Waals surface area contributed by atoms with Gasteiger partial charge in [0.1, 0.15) is 6.04 Å². The summed E-state index contributed by atoms with van der Waals surface area (Å²) in [6.07, 6.45) is 0.453. The molecular formula is C18H28N4O2. The third-order valence-electron chi connectivity index (χ3n) is 4.65. The van der Waals surface area contributed by atoms with Gasteiger partial charge in [0.2, 0.25) is 11.8 Å². The average Bonchev–Trinajstić information content (AvgIpc) is 2.59. The summed E-state index contributed by atoms with van der Waals surface area (Å²) in [6, 6.07) is 7.99. The topological polar surface area (TPSA) is 55.9 Å². The molecule has 6 heteroatoms. The normalized spacial score (nSPS) is 18.3. The molecule has 24 heavy (non-hydrogen) atoms. The second-order valence-electron chi connectivity index (χ2n) is 6.46. The number of hydrogen-bond acceptors (Lipinski definition) is 4. The van der Waals surface area contributed by atoms with Gasteiger partial charge in [-0.25, -0.2) is 0 Å². The lowest BCUT2D eigenvalue weighted by Gasteiger charge is -2.38. The zero-order chi connectivity index (χ0) is 17.7. The van der Waals surface area contributed by atoms with Gasteiger partial charge in [-0.1, -0.05) is 12.1 Å². The lowest BCUT2D eigenvalue weighted by molar-refractivity contribution is -0.137. The van der Waals surface area contributed by atoms with Crippen molar-refractivity contribution in [2.24, 2.45) is 0 Å². The van der Waals surface area contributed by atoms with Gasteiger partial charge in [-0.3, -0.25) is 14.5 Å². The number of amides is 2. The third kappa shape index (κ3) is 4.47. The van der Waals surface area contributed by atoms with Crippen molar-refractivity contribution in [3.63, 3.8) is 0 Å². The zero-order valence-electron chi connectivity index (χ0n) is 15.1. The fourth-order valence-corrected chi connectivity index (χ4v) is 2.97. The zero-order valence-corrected chi connectivity index (χ0v) is 15.1. The maximum atomic E-state index is 12.5. The summed E-state index contributed by atoms with van der Waals surface area (Å²) >= 11 is 0. The maximum absolute atomic E-state index is 12.5. The molecule has 0 unspecified atom stereocenters. The van der Waals surface area contributed by atoms with E-state index in [0.29, 0.717) is 26.1 Å². The summed E-state index contributed by atoms with van der Waals surface area (Å²) < 4.78 is 0. The molecule has 1 N–H and O–H groups in total. The van der Waals surface area contributed by atoms with E-state index in [1.807, 2.05) is 30.0 Å². The molecule has 0 saturated carbocycles. The van der Waals surface area contributed by atoms with Gasteiger partial charge < -0.3 is 15.1 Å². The molecular weight excluding hydrogens is 304 g/mol. The van der Waals surface area contributed by atoms with Crippen LogP contribution in [0.5, 0.6) is 0 Å². The molecule has 0 aliphatic carbocycles. The van der Waals surface area contributed by atoms with Crippen molar-refractivity contribution in [1.29, 1.82) is 0 Å². The number of hydrogen-bond donors (Lipinski definition) is 1. The first-order chi connectivity index (χ1) is 11.4. The first-order valence-electron chi connectivity index (χ1n) is 8.39. The average molecular weight is 332 g/mol. The molecule has 1 heterocycles. The van der Waals surface area contributed by atoms with Crippen LogP contribution in [0.4, 0.5) is 5.69 Å². The quantitative estimate of drug-likeness (QED) is 0.863. The number of anilines is 1. The van der Waals surface area contributed by atoms with Crippen molar-refractivity contribution in [2.45, 2.75) is 19.4 Å². The monoisotopic (exact) mass is 332 g/mol. The van der Waals surface area contributed by atoms with Crippen molar-refractivity contribution in [2.75, 3.05) is 52.2 Å². The van der Waals surface area contributed by atoms with Crippen molar-refractivity contribution >= 4 is 17.5 Å². The molecule has 6 nitrogen and oxygen atoms in total. The molecule has 0 bridgehead atoms. The Bertz CT molecular complexity index is 590. The number of likely N-dealkylation sites (N-methyl/N-ethyl adjacent to an activating group) is 2. The summed E-state index contributed by atoms with van der Waals surface area (Å²) in [5.74, 6) is 0.0726. The maximum Gasteiger partial charge on any atom is 0.238 e. The van der Waals surface area contributed by atoms with Crippen LogP contribution in [0.3, 0.4) is 0 Å². The van der Waals surface area contributed by atoms with Crippen LogP contribution in [0.2, 0.25) is 0 Å². The fraction of sp³-hybridized carbons (Fsp3) is 0.556. The Labute approximate surface area is 144 Å². The van der Waals surface area contributed by atoms with Gasteiger partial charge in [0.15, 0.2) is 0 Å². The molecule has 1 aliphatic heterocycles. The number of nitrogens with one attached hydrogen (secondary N) is 1. The van der Waals surface area contributed by atoms with Crippen LogP contribution in [0, 0.1) is 6.92 Å². The molecule has 132 valence electrons. The highest BCUT2D eigenvalue weighted by atomic mass is 16.2. The number of rotatable bonds is 5. The molecule has 0 spiro atoms. The Kier molecular flexibility index (Phi) is 6.20. The first kappa shape index (κ1) is 18.3. The van der Waals surface area contributed by atoms with Crippen LogP contribution in [0.25, 0.3) is 0 Å². The minimum Gasteiger partial charge on any atom is -0.374 e. The van der Waals surface area contributed by atoms with Crippen molar-refractivity contribution in [3.05, 3.63) is 29.8 Å². The van der Waals surface area contributed by atoms with Crippen molar-refractivity contribution < 1.29 is 9.59 Å². The number of aryl methyl sites for hydroxylation is 1. The van der Waals surface area contributed by atoms with Gasteiger partial charge in [0.25, 0.3) is 0 Å². The van der Waals surface area contributed by atoms with Gasteiger partial charge in [-0.05, 0) is 31.7 Å². The van der Waals surface area contributed by atoms with Crippen LogP contribution in [-0.4, -0.2) is 75.0 Å². The van der Waals surface area contributed by atoms with Crippen LogP contribution >= 0.6 is 0 Å². The van der Waals surface area contributed by atoms with E-state index in [9.17, 15) is 9.59 Å². The molecule has 1 aliphatic rings. The molecule has 0 radical (unpaired) electrons. The molecule has 1 aromatic rings. The minimum atomic E-state index is -0.262. The molecule has 1 atom stereocenters. The van der Waals surface area contributed by atoms with E-state index in [0.717, 1.165) is 12.2 Å². The van der Waals surface area contributed by atoms with Crippen LogP contribution < -0.4 is 10.2 Å². The lowest BCUT2D eigenvalue weighted by atomic mass is 10.1. The number of carbonyl (C=O) groups excluding carboxylic acids is 2. The van der Waals surface area contributed by atoms with E-state index in [1.165, 1.54) is 5.56 Å². The van der Waals surface area contributed by atoms with E-state index in [-0.39, 0.29) is 17.9 Å². The van der Waals surface area contributed by atoms with E-state index in [1.54, 1.807) is 7.05 Å². The highest BCUT2D eigenvalue weighted by Gasteiger charge is 2.31. The van der Waals surface area contributed by atoms with E-state index in [2.05, 4.69) is 35.3 Å².